The molecular formula is C68H57N3. The molecule has 3 heteroatoms. The van der Waals surface area contributed by atoms with E-state index in [2.05, 4.69) is 261 Å². The average molecular weight is 916 g/mol. The molecule has 0 saturated heterocycles. The van der Waals surface area contributed by atoms with E-state index < -0.39 is 0 Å². The summed E-state index contributed by atoms with van der Waals surface area (Å²) in [5.74, 6) is 0.178. The second-order valence-electron chi connectivity index (χ2n) is 18.8. The molecule has 0 N–H and O–H groups in total. The number of rotatable bonds is 11. The highest BCUT2D eigenvalue weighted by Gasteiger charge is 2.35. The molecule has 0 saturated carbocycles. The minimum absolute atomic E-state index is 0.153. The van der Waals surface area contributed by atoms with E-state index in [4.69, 9.17) is 0 Å². The van der Waals surface area contributed by atoms with Gasteiger partial charge < -0.3 is 14.0 Å². The van der Waals surface area contributed by atoms with Crippen LogP contribution in [0, 0.1) is 0 Å². The summed E-state index contributed by atoms with van der Waals surface area (Å²) in [5.41, 5.74) is 22.1. The quantitative estimate of drug-likeness (QED) is 0.0931. The van der Waals surface area contributed by atoms with Gasteiger partial charge in [0.05, 0.1) is 28.3 Å². The Balaban J connectivity index is 0.00000132. The first kappa shape index (κ1) is 44.8. The molecule has 0 spiro atoms. The second-order valence-corrected chi connectivity index (χ2v) is 18.8. The van der Waals surface area contributed by atoms with Crippen molar-refractivity contribution >= 4 is 66.4 Å². The molecule has 2 aromatic heterocycles. The number of anilines is 3. The van der Waals surface area contributed by atoms with Crippen LogP contribution in [0.5, 0.6) is 0 Å². The maximum Gasteiger partial charge on any atom is 0.0626 e. The Hall–Kier alpha value is -8.66. The van der Waals surface area contributed by atoms with Gasteiger partial charge in [0.1, 0.15) is 0 Å². The van der Waals surface area contributed by atoms with Crippen LogP contribution in [0.3, 0.4) is 0 Å². The lowest BCUT2D eigenvalue weighted by Gasteiger charge is -2.27. The molecule has 0 bridgehead atoms. The van der Waals surface area contributed by atoms with Crippen molar-refractivity contribution in [2.75, 3.05) is 4.90 Å². The van der Waals surface area contributed by atoms with E-state index in [0.717, 1.165) is 45.8 Å². The normalized spacial score (nSPS) is 14.6. The highest BCUT2D eigenvalue weighted by atomic mass is 15.2. The van der Waals surface area contributed by atoms with E-state index in [-0.39, 0.29) is 12.0 Å². The predicted molar refractivity (Wildman–Crippen MR) is 307 cm³/mol. The molecule has 344 valence electrons. The van der Waals surface area contributed by atoms with E-state index >= 15 is 0 Å². The molecule has 10 aromatic rings. The van der Waals surface area contributed by atoms with Crippen LogP contribution >= 0.6 is 0 Å². The number of allylic oxidation sites excluding steroid dienone is 10. The summed E-state index contributed by atoms with van der Waals surface area (Å²) in [4.78, 5) is 2.46. The number of benzene rings is 8. The smallest absolute Gasteiger partial charge is 0.0626 e. The minimum atomic E-state index is 0.153. The van der Waals surface area contributed by atoms with Gasteiger partial charge in [-0.2, -0.15) is 0 Å². The lowest BCUT2D eigenvalue weighted by Crippen LogP contribution is -2.10. The lowest BCUT2D eigenvalue weighted by atomic mass is 9.92. The summed E-state index contributed by atoms with van der Waals surface area (Å²) < 4.78 is 4.90. The zero-order valence-electron chi connectivity index (χ0n) is 40.8. The van der Waals surface area contributed by atoms with Gasteiger partial charge >= 0.3 is 0 Å². The first-order valence-corrected chi connectivity index (χ1v) is 24.6. The zero-order chi connectivity index (χ0) is 48.8. The van der Waals surface area contributed by atoms with Crippen molar-refractivity contribution in [1.29, 1.82) is 0 Å². The first-order valence-electron chi connectivity index (χ1n) is 24.6. The fourth-order valence-electron chi connectivity index (χ4n) is 11.3. The summed E-state index contributed by atoms with van der Waals surface area (Å²) in [6, 6.07) is 63.4. The number of para-hydroxylation sites is 2. The fourth-order valence-corrected chi connectivity index (χ4v) is 11.3. The number of fused-ring (bicyclic) bond motifs is 9. The van der Waals surface area contributed by atoms with Crippen molar-refractivity contribution in [2.24, 2.45) is 0 Å². The van der Waals surface area contributed by atoms with Crippen LogP contribution in [-0.4, -0.2) is 9.13 Å². The van der Waals surface area contributed by atoms with E-state index in [1.807, 2.05) is 6.08 Å². The third kappa shape index (κ3) is 7.53. The molecule has 1 aliphatic heterocycles. The molecule has 3 heterocycles. The number of nitrogens with zero attached hydrogens (tertiary/aromatic N) is 3. The minimum Gasteiger partial charge on any atom is -0.332 e. The molecule has 3 nitrogen and oxygen atoms in total. The van der Waals surface area contributed by atoms with Crippen molar-refractivity contribution < 1.29 is 0 Å². The third-order valence-electron chi connectivity index (χ3n) is 14.4. The molecule has 0 fully saturated rings. The van der Waals surface area contributed by atoms with Crippen LogP contribution in [0.25, 0.3) is 82.7 Å². The maximum absolute atomic E-state index is 4.35. The monoisotopic (exact) mass is 915 g/mol. The third-order valence-corrected chi connectivity index (χ3v) is 14.4. The van der Waals surface area contributed by atoms with Crippen molar-refractivity contribution in [2.45, 2.75) is 39.2 Å². The number of hydrogen-bond donors (Lipinski definition) is 0. The van der Waals surface area contributed by atoms with Gasteiger partial charge in [0.25, 0.3) is 0 Å². The summed E-state index contributed by atoms with van der Waals surface area (Å²) >= 11 is 0. The van der Waals surface area contributed by atoms with Gasteiger partial charge in [0, 0.05) is 50.1 Å². The van der Waals surface area contributed by atoms with Crippen LogP contribution in [0.15, 0.2) is 250 Å². The maximum atomic E-state index is 4.35. The molecule has 2 unspecified atom stereocenters. The van der Waals surface area contributed by atoms with Gasteiger partial charge in [-0.15, -0.1) is 6.58 Å². The van der Waals surface area contributed by atoms with E-state index in [1.54, 1.807) is 12.2 Å². The van der Waals surface area contributed by atoms with Gasteiger partial charge in [0.15, 0.2) is 0 Å². The average Bonchev–Trinajstić information content (AvgIpc) is 4.15. The molecule has 71 heavy (non-hydrogen) atoms. The fraction of sp³-hybridized carbons (Fsp3) is 0.0882. The standard InChI is InChI=1S/C64H51N3.C4H6/c1-6-16-57-50(8-3)53-37-38-61(63-55-20-12-14-23-59(55)67(57)64(53)63)65(48-33-28-42(29-34-48)44-26-27-46-39-45-17-9-10-18-51(45)56(46)40-44)49-35-30-43(31-36-49)52-21-15-24-60-62(52)54-19-11-13-22-58(54)66(60)47(7-2)32-25-41(4)5;1-3-4-2/h6-38,40,50,57H,2-3,39H2,1,4-5H3;3-4H,1-2H2/b16-6-,47-32+;. The lowest BCUT2D eigenvalue weighted by molar-refractivity contribution is 0.621. The number of aromatic nitrogens is 2. The Morgan fingerprint density at radius 2 is 1.18 bits per heavy atom. The highest BCUT2D eigenvalue weighted by Crippen LogP contribution is 2.53. The molecule has 0 amide bonds. The van der Waals surface area contributed by atoms with Gasteiger partial charge in [0.2, 0.25) is 0 Å². The van der Waals surface area contributed by atoms with Gasteiger partial charge in [-0.05, 0) is 144 Å². The SMILES string of the molecule is C=C/C(=C\C=C(C)C)n1c2ccccc2c2c(-c3ccc(N(c4ccc(-c5ccc6c(c5)-c5ccccc5C6)cc4)c4ccc5c6c4c4ccccc4n6C(/C=C\C)C5C=C)cc3)cccc21.C=CC=C. The van der Waals surface area contributed by atoms with Crippen LogP contribution in [0.4, 0.5) is 17.1 Å². The van der Waals surface area contributed by atoms with E-state index in [0.29, 0.717) is 0 Å². The van der Waals surface area contributed by atoms with Crippen molar-refractivity contribution in [3.8, 4) is 33.4 Å². The summed E-state index contributed by atoms with van der Waals surface area (Å²) in [5, 5.41) is 4.96. The number of hydrogen-bond acceptors (Lipinski definition) is 1. The topological polar surface area (TPSA) is 13.1 Å². The molecule has 2 aliphatic rings. The molecule has 2 atom stereocenters. The van der Waals surface area contributed by atoms with Crippen molar-refractivity contribution in [3.63, 3.8) is 0 Å². The Kier molecular flexibility index (Phi) is 11.8. The van der Waals surface area contributed by atoms with Gasteiger partial charge in [-0.1, -0.05) is 177 Å². The van der Waals surface area contributed by atoms with E-state index in [1.165, 1.54) is 82.7 Å². The predicted octanol–water partition coefficient (Wildman–Crippen LogP) is 19.0. The first-order chi connectivity index (χ1) is 34.9. The molecular weight excluding hydrogens is 859 g/mol. The molecule has 1 aliphatic carbocycles. The highest BCUT2D eigenvalue weighted by molar-refractivity contribution is 6.18. The Morgan fingerprint density at radius 3 is 1.87 bits per heavy atom. The summed E-state index contributed by atoms with van der Waals surface area (Å²) in [6.07, 6.45) is 17.2. The van der Waals surface area contributed by atoms with Crippen molar-refractivity contribution in [1.82, 2.24) is 9.13 Å². The van der Waals surface area contributed by atoms with Crippen LogP contribution in [0.2, 0.25) is 0 Å². The Morgan fingerprint density at radius 1 is 0.563 bits per heavy atom. The van der Waals surface area contributed by atoms with Gasteiger partial charge in [-0.25, -0.2) is 0 Å². The molecule has 0 radical (unpaired) electrons. The van der Waals surface area contributed by atoms with Crippen molar-refractivity contribution in [3.05, 3.63) is 267 Å². The second kappa shape index (κ2) is 18.7. The molecule has 8 aromatic carbocycles. The Bertz CT molecular complexity index is 3830. The van der Waals surface area contributed by atoms with Gasteiger partial charge in [-0.3, -0.25) is 0 Å². The summed E-state index contributed by atoms with van der Waals surface area (Å²) in [7, 11) is 0. The Labute approximate surface area is 418 Å². The van der Waals surface area contributed by atoms with E-state index in [9.17, 15) is 0 Å². The zero-order valence-corrected chi connectivity index (χ0v) is 40.8. The van der Waals surface area contributed by atoms with Crippen LogP contribution in [0.1, 0.15) is 49.4 Å². The largest absolute Gasteiger partial charge is 0.332 e. The summed E-state index contributed by atoms with van der Waals surface area (Å²) in [6.45, 7) is 21.7. The molecule has 12 rings (SSSR count). The van der Waals surface area contributed by atoms with Crippen LogP contribution in [-0.2, 0) is 6.42 Å². The van der Waals surface area contributed by atoms with Crippen LogP contribution < -0.4 is 4.90 Å².